The minimum absolute atomic E-state index is 0.207. The number of anilines is 1. The SMILES string of the molecule is N#CCc1ccc(NS(=O)(=O)c2cccc3cnccc23)cc1. The van der Waals surface area contributed by atoms with Gasteiger partial charge in [-0.3, -0.25) is 9.71 Å². The molecule has 2 aromatic carbocycles. The highest BCUT2D eigenvalue weighted by Gasteiger charge is 2.17. The Balaban J connectivity index is 1.96. The molecule has 0 unspecified atom stereocenters. The number of nitrogens with one attached hydrogen (secondary N) is 1. The lowest BCUT2D eigenvalue weighted by atomic mass is 10.1. The van der Waals surface area contributed by atoms with Crippen molar-refractivity contribution in [2.45, 2.75) is 11.3 Å². The first-order chi connectivity index (χ1) is 11.1. The molecule has 0 aliphatic heterocycles. The van der Waals surface area contributed by atoms with E-state index < -0.39 is 10.0 Å². The van der Waals surface area contributed by atoms with Gasteiger partial charge >= 0.3 is 0 Å². The normalized spacial score (nSPS) is 11.1. The van der Waals surface area contributed by atoms with Crippen molar-refractivity contribution in [1.29, 1.82) is 5.26 Å². The maximum atomic E-state index is 12.6. The third-order valence-electron chi connectivity index (χ3n) is 3.42. The maximum absolute atomic E-state index is 12.6. The molecule has 0 fully saturated rings. The quantitative estimate of drug-likeness (QED) is 0.799. The van der Waals surface area contributed by atoms with Crippen LogP contribution in [0.25, 0.3) is 10.8 Å². The van der Waals surface area contributed by atoms with Gasteiger partial charge in [-0.05, 0) is 29.8 Å². The van der Waals surface area contributed by atoms with E-state index in [0.717, 1.165) is 10.9 Å². The lowest BCUT2D eigenvalue weighted by Crippen LogP contribution is -2.13. The molecule has 114 valence electrons. The van der Waals surface area contributed by atoms with E-state index in [4.69, 9.17) is 5.26 Å². The van der Waals surface area contributed by atoms with Crippen LogP contribution in [-0.4, -0.2) is 13.4 Å². The Labute approximate surface area is 134 Å². The van der Waals surface area contributed by atoms with Gasteiger partial charge in [0, 0.05) is 28.9 Å². The average molecular weight is 323 g/mol. The smallest absolute Gasteiger partial charge is 0.262 e. The molecule has 5 nitrogen and oxygen atoms in total. The largest absolute Gasteiger partial charge is 0.280 e. The van der Waals surface area contributed by atoms with Crippen molar-refractivity contribution in [3.8, 4) is 6.07 Å². The molecular weight excluding hydrogens is 310 g/mol. The average Bonchev–Trinajstić information content (AvgIpc) is 2.56. The van der Waals surface area contributed by atoms with E-state index in [9.17, 15) is 8.42 Å². The molecule has 0 saturated carbocycles. The second-order valence-corrected chi connectivity index (χ2v) is 6.64. The Hall–Kier alpha value is -2.91. The highest BCUT2D eigenvalue weighted by atomic mass is 32.2. The second-order valence-electron chi connectivity index (χ2n) is 4.99. The lowest BCUT2D eigenvalue weighted by Gasteiger charge is -2.10. The first-order valence-corrected chi connectivity index (χ1v) is 8.40. The van der Waals surface area contributed by atoms with Crippen LogP contribution in [0.2, 0.25) is 0 Å². The monoisotopic (exact) mass is 323 g/mol. The van der Waals surface area contributed by atoms with E-state index in [2.05, 4.69) is 15.8 Å². The zero-order chi connectivity index (χ0) is 16.3. The number of hydrogen-bond donors (Lipinski definition) is 1. The number of hydrogen-bond acceptors (Lipinski definition) is 4. The molecule has 0 amide bonds. The summed E-state index contributed by atoms with van der Waals surface area (Å²) in [5, 5.41) is 10.0. The van der Waals surface area contributed by atoms with E-state index in [1.807, 2.05) is 6.07 Å². The van der Waals surface area contributed by atoms with Gasteiger partial charge in [-0.2, -0.15) is 5.26 Å². The molecule has 0 bridgehead atoms. The number of rotatable bonds is 4. The molecule has 0 spiro atoms. The van der Waals surface area contributed by atoms with Gasteiger partial charge in [0.25, 0.3) is 10.0 Å². The Bertz CT molecular complexity index is 985. The fourth-order valence-electron chi connectivity index (χ4n) is 2.32. The Morgan fingerprint density at radius 3 is 2.61 bits per heavy atom. The minimum atomic E-state index is -3.71. The molecule has 6 heteroatoms. The summed E-state index contributed by atoms with van der Waals surface area (Å²) < 4.78 is 27.8. The molecule has 1 N–H and O–H groups in total. The first kappa shape index (κ1) is 15.0. The van der Waals surface area contributed by atoms with Gasteiger partial charge in [0.1, 0.15) is 0 Å². The molecule has 3 rings (SSSR count). The van der Waals surface area contributed by atoms with Crippen LogP contribution >= 0.6 is 0 Å². The van der Waals surface area contributed by atoms with Gasteiger partial charge < -0.3 is 0 Å². The molecule has 23 heavy (non-hydrogen) atoms. The molecular formula is C17H13N3O2S. The van der Waals surface area contributed by atoms with Crippen LogP contribution in [0.15, 0.2) is 65.8 Å². The van der Waals surface area contributed by atoms with E-state index in [-0.39, 0.29) is 4.90 Å². The molecule has 0 aliphatic carbocycles. The number of nitrogens with zero attached hydrogens (tertiary/aromatic N) is 2. The highest BCUT2D eigenvalue weighted by molar-refractivity contribution is 7.93. The highest BCUT2D eigenvalue weighted by Crippen LogP contribution is 2.24. The van der Waals surface area contributed by atoms with Gasteiger partial charge in [0.05, 0.1) is 17.4 Å². The predicted octanol–water partition coefficient (Wildman–Crippen LogP) is 3.10. The summed E-state index contributed by atoms with van der Waals surface area (Å²) in [7, 11) is -3.71. The predicted molar refractivity (Wildman–Crippen MR) is 88.3 cm³/mol. The van der Waals surface area contributed by atoms with Gasteiger partial charge in [0.2, 0.25) is 0 Å². The Morgan fingerprint density at radius 2 is 1.87 bits per heavy atom. The van der Waals surface area contributed by atoms with Gasteiger partial charge in [0.15, 0.2) is 0 Å². The van der Waals surface area contributed by atoms with Crippen molar-refractivity contribution in [2.24, 2.45) is 0 Å². The fourth-order valence-corrected chi connectivity index (χ4v) is 3.61. The van der Waals surface area contributed by atoms with Crippen molar-refractivity contribution < 1.29 is 8.42 Å². The molecule has 1 aromatic heterocycles. The van der Waals surface area contributed by atoms with Gasteiger partial charge in [-0.1, -0.05) is 24.3 Å². The van der Waals surface area contributed by atoms with Crippen LogP contribution in [-0.2, 0) is 16.4 Å². The second kappa shape index (κ2) is 6.07. The molecule has 0 saturated heterocycles. The third kappa shape index (κ3) is 3.15. The van der Waals surface area contributed by atoms with Crippen molar-refractivity contribution in [2.75, 3.05) is 4.72 Å². The molecule has 0 aliphatic rings. The standard InChI is InChI=1S/C17H13N3O2S/c18-10-8-13-4-6-15(7-5-13)20-23(21,22)17-3-1-2-14-12-19-11-9-16(14)17/h1-7,9,11-12,20H,8H2. The Morgan fingerprint density at radius 1 is 1.09 bits per heavy atom. The van der Waals surface area contributed by atoms with Gasteiger partial charge in [-0.15, -0.1) is 0 Å². The minimum Gasteiger partial charge on any atom is -0.280 e. The van der Waals surface area contributed by atoms with Crippen LogP contribution in [0.1, 0.15) is 5.56 Å². The van der Waals surface area contributed by atoms with Crippen LogP contribution in [0, 0.1) is 11.3 Å². The van der Waals surface area contributed by atoms with Crippen molar-refractivity contribution in [3.05, 3.63) is 66.5 Å². The van der Waals surface area contributed by atoms with E-state index in [1.165, 1.54) is 0 Å². The molecule has 3 aromatic rings. The number of pyridine rings is 1. The zero-order valence-electron chi connectivity index (χ0n) is 12.1. The van der Waals surface area contributed by atoms with Gasteiger partial charge in [-0.25, -0.2) is 8.42 Å². The number of nitriles is 1. The van der Waals surface area contributed by atoms with Crippen molar-refractivity contribution in [1.82, 2.24) is 4.98 Å². The van der Waals surface area contributed by atoms with Crippen molar-refractivity contribution >= 4 is 26.5 Å². The summed E-state index contributed by atoms with van der Waals surface area (Å²) in [4.78, 5) is 4.21. The number of benzene rings is 2. The summed E-state index contributed by atoms with van der Waals surface area (Å²) in [5.41, 5.74) is 1.30. The maximum Gasteiger partial charge on any atom is 0.262 e. The van der Waals surface area contributed by atoms with E-state index in [1.54, 1.807) is 54.9 Å². The Kier molecular flexibility index (Phi) is 3.96. The number of fused-ring (bicyclic) bond motifs is 1. The van der Waals surface area contributed by atoms with Crippen LogP contribution < -0.4 is 4.72 Å². The van der Waals surface area contributed by atoms with E-state index >= 15 is 0 Å². The molecule has 1 heterocycles. The topological polar surface area (TPSA) is 82.9 Å². The lowest BCUT2D eigenvalue weighted by molar-refractivity contribution is 0.602. The number of aromatic nitrogens is 1. The summed E-state index contributed by atoms with van der Waals surface area (Å²) in [6.45, 7) is 0. The summed E-state index contributed by atoms with van der Waals surface area (Å²) in [5.74, 6) is 0. The zero-order valence-corrected chi connectivity index (χ0v) is 12.9. The summed E-state index contributed by atoms with van der Waals surface area (Å²) in [6.07, 6.45) is 3.49. The first-order valence-electron chi connectivity index (χ1n) is 6.91. The van der Waals surface area contributed by atoms with Crippen molar-refractivity contribution in [3.63, 3.8) is 0 Å². The van der Waals surface area contributed by atoms with Crippen LogP contribution in [0.3, 0.4) is 0 Å². The number of sulfonamides is 1. The molecule has 0 radical (unpaired) electrons. The van der Waals surface area contributed by atoms with Crippen LogP contribution in [0.5, 0.6) is 0 Å². The summed E-state index contributed by atoms with van der Waals surface area (Å²) in [6, 6.07) is 15.6. The fraction of sp³-hybridized carbons (Fsp3) is 0.0588. The molecule has 0 atom stereocenters. The third-order valence-corrected chi connectivity index (χ3v) is 4.86. The summed E-state index contributed by atoms with van der Waals surface area (Å²) >= 11 is 0. The van der Waals surface area contributed by atoms with Crippen LogP contribution in [0.4, 0.5) is 5.69 Å². The van der Waals surface area contributed by atoms with E-state index in [0.29, 0.717) is 17.5 Å².